The Labute approximate surface area is 99.6 Å². The zero-order valence-corrected chi connectivity index (χ0v) is 10.6. The molecule has 1 heterocycles. The summed E-state index contributed by atoms with van der Waals surface area (Å²) in [6.07, 6.45) is 0.935. The Balaban J connectivity index is 2.40. The van der Waals surface area contributed by atoms with Crippen LogP contribution in [0.1, 0.15) is 29.3 Å². The van der Waals surface area contributed by atoms with Gasteiger partial charge in [-0.2, -0.15) is 11.3 Å². The first-order chi connectivity index (χ1) is 7.15. The van der Waals surface area contributed by atoms with E-state index >= 15 is 0 Å². The average Bonchev–Trinajstić information content (AvgIpc) is 2.61. The number of carbonyl (C=O) groups excluding carboxylic acids is 1. The molecular formula is C11H16ClNOS. The van der Waals surface area contributed by atoms with Crippen molar-refractivity contribution < 1.29 is 4.79 Å². The molecule has 0 aromatic carbocycles. The molecule has 2 nitrogen and oxygen atoms in total. The summed E-state index contributed by atoms with van der Waals surface area (Å²) >= 11 is 7.18. The van der Waals surface area contributed by atoms with Crippen molar-refractivity contribution in [2.24, 2.45) is 5.92 Å². The highest BCUT2D eigenvalue weighted by Crippen LogP contribution is 2.13. The van der Waals surface area contributed by atoms with Crippen LogP contribution in [-0.2, 0) is 0 Å². The molecule has 1 rings (SSSR count). The van der Waals surface area contributed by atoms with Crippen LogP contribution in [0.25, 0.3) is 0 Å². The van der Waals surface area contributed by atoms with E-state index in [0.717, 1.165) is 17.5 Å². The lowest BCUT2D eigenvalue weighted by atomic mass is 10.1. The van der Waals surface area contributed by atoms with Crippen molar-refractivity contribution in [1.82, 2.24) is 5.32 Å². The van der Waals surface area contributed by atoms with Gasteiger partial charge in [0.15, 0.2) is 0 Å². The van der Waals surface area contributed by atoms with Gasteiger partial charge in [0.1, 0.15) is 0 Å². The van der Waals surface area contributed by atoms with E-state index in [-0.39, 0.29) is 5.91 Å². The minimum absolute atomic E-state index is 0.0233. The summed E-state index contributed by atoms with van der Waals surface area (Å²) in [6, 6.07) is 0. The fourth-order valence-electron chi connectivity index (χ4n) is 1.24. The van der Waals surface area contributed by atoms with E-state index in [1.165, 1.54) is 0 Å². The molecular weight excluding hydrogens is 230 g/mol. The minimum Gasteiger partial charge on any atom is -0.352 e. The maximum Gasteiger partial charge on any atom is 0.252 e. The van der Waals surface area contributed by atoms with Crippen LogP contribution in [0.15, 0.2) is 10.8 Å². The number of amides is 1. The third-order valence-electron chi connectivity index (χ3n) is 2.31. The zero-order chi connectivity index (χ0) is 11.3. The highest BCUT2D eigenvalue weighted by molar-refractivity contribution is 7.08. The van der Waals surface area contributed by atoms with Gasteiger partial charge in [0.25, 0.3) is 5.91 Å². The van der Waals surface area contributed by atoms with Crippen LogP contribution in [0.3, 0.4) is 0 Å². The van der Waals surface area contributed by atoms with Crippen LogP contribution in [0.5, 0.6) is 0 Å². The molecule has 0 spiro atoms. The standard InChI is InChI=1S/C11H16ClNOS/c1-8(3-4-12)5-13-11(14)10-7-15-6-9(10)2/h6-8H,3-5H2,1-2H3,(H,13,14). The number of thiophene rings is 1. The molecule has 1 N–H and O–H groups in total. The first-order valence-electron chi connectivity index (χ1n) is 5.02. The molecule has 1 aromatic heterocycles. The largest absolute Gasteiger partial charge is 0.352 e. The molecule has 4 heteroatoms. The number of hydrogen-bond acceptors (Lipinski definition) is 2. The first-order valence-corrected chi connectivity index (χ1v) is 6.49. The van der Waals surface area contributed by atoms with E-state index in [9.17, 15) is 4.79 Å². The molecule has 15 heavy (non-hydrogen) atoms. The fourth-order valence-corrected chi connectivity index (χ4v) is 2.44. The van der Waals surface area contributed by atoms with Crippen molar-refractivity contribution >= 4 is 28.8 Å². The Morgan fingerprint density at radius 1 is 1.60 bits per heavy atom. The monoisotopic (exact) mass is 245 g/mol. The van der Waals surface area contributed by atoms with E-state index in [1.54, 1.807) is 11.3 Å². The third kappa shape index (κ3) is 3.84. The molecule has 0 saturated heterocycles. The van der Waals surface area contributed by atoms with Crippen molar-refractivity contribution in [1.29, 1.82) is 0 Å². The Morgan fingerprint density at radius 2 is 2.33 bits per heavy atom. The Kier molecular flexibility index (Phi) is 5.12. The van der Waals surface area contributed by atoms with Crippen LogP contribution in [-0.4, -0.2) is 18.3 Å². The zero-order valence-electron chi connectivity index (χ0n) is 9.05. The van der Waals surface area contributed by atoms with Gasteiger partial charge in [-0.05, 0) is 30.2 Å². The summed E-state index contributed by atoms with van der Waals surface area (Å²) in [5.74, 6) is 1.11. The van der Waals surface area contributed by atoms with E-state index in [4.69, 9.17) is 11.6 Å². The lowest BCUT2D eigenvalue weighted by Gasteiger charge is -2.10. The normalized spacial score (nSPS) is 12.5. The SMILES string of the molecule is Cc1cscc1C(=O)NCC(C)CCCl. The maximum atomic E-state index is 11.7. The number of nitrogens with one attached hydrogen (secondary N) is 1. The second-order valence-electron chi connectivity index (χ2n) is 3.76. The molecule has 0 fully saturated rings. The van der Waals surface area contributed by atoms with Crippen LogP contribution < -0.4 is 5.32 Å². The van der Waals surface area contributed by atoms with Crippen molar-refractivity contribution in [2.75, 3.05) is 12.4 Å². The van der Waals surface area contributed by atoms with Gasteiger partial charge in [0.05, 0.1) is 5.56 Å². The summed E-state index contributed by atoms with van der Waals surface area (Å²) < 4.78 is 0. The minimum atomic E-state index is 0.0233. The number of hydrogen-bond donors (Lipinski definition) is 1. The number of aryl methyl sites for hydroxylation is 1. The van der Waals surface area contributed by atoms with Gasteiger partial charge in [-0.3, -0.25) is 4.79 Å². The van der Waals surface area contributed by atoms with Crippen molar-refractivity contribution in [3.63, 3.8) is 0 Å². The van der Waals surface area contributed by atoms with Crippen molar-refractivity contribution in [3.8, 4) is 0 Å². The predicted molar refractivity (Wildman–Crippen MR) is 65.9 cm³/mol. The molecule has 1 atom stereocenters. The predicted octanol–water partition coefficient (Wildman–Crippen LogP) is 3.05. The van der Waals surface area contributed by atoms with Crippen LogP contribution in [0, 0.1) is 12.8 Å². The Bertz CT molecular complexity index is 324. The smallest absolute Gasteiger partial charge is 0.252 e. The van der Waals surface area contributed by atoms with Gasteiger partial charge in [-0.15, -0.1) is 11.6 Å². The summed E-state index contributed by atoms with van der Waals surface area (Å²) in [6.45, 7) is 4.73. The lowest BCUT2D eigenvalue weighted by molar-refractivity contribution is 0.0948. The highest BCUT2D eigenvalue weighted by atomic mass is 35.5. The molecule has 84 valence electrons. The molecule has 0 bridgehead atoms. The fraction of sp³-hybridized carbons (Fsp3) is 0.545. The Hall–Kier alpha value is -0.540. The number of halogens is 1. The van der Waals surface area contributed by atoms with Gasteiger partial charge >= 0.3 is 0 Å². The topological polar surface area (TPSA) is 29.1 Å². The van der Waals surface area contributed by atoms with Gasteiger partial charge in [0, 0.05) is 17.8 Å². The van der Waals surface area contributed by atoms with E-state index in [0.29, 0.717) is 18.3 Å². The highest BCUT2D eigenvalue weighted by Gasteiger charge is 2.10. The van der Waals surface area contributed by atoms with Crippen LogP contribution in [0.4, 0.5) is 0 Å². The number of alkyl halides is 1. The molecule has 0 saturated carbocycles. The molecule has 1 unspecified atom stereocenters. The second-order valence-corrected chi connectivity index (χ2v) is 4.88. The van der Waals surface area contributed by atoms with Crippen LogP contribution >= 0.6 is 22.9 Å². The van der Waals surface area contributed by atoms with E-state index in [1.807, 2.05) is 17.7 Å². The molecule has 0 aliphatic carbocycles. The quantitative estimate of drug-likeness (QED) is 0.794. The van der Waals surface area contributed by atoms with Crippen molar-refractivity contribution in [3.05, 3.63) is 21.9 Å². The van der Waals surface area contributed by atoms with Gasteiger partial charge in [-0.1, -0.05) is 6.92 Å². The van der Waals surface area contributed by atoms with Crippen molar-refractivity contribution in [2.45, 2.75) is 20.3 Å². The molecule has 0 aliphatic rings. The van der Waals surface area contributed by atoms with E-state index < -0.39 is 0 Å². The van der Waals surface area contributed by atoms with Gasteiger partial charge < -0.3 is 5.32 Å². The molecule has 1 aromatic rings. The summed E-state index contributed by atoms with van der Waals surface area (Å²) in [5.41, 5.74) is 1.83. The first kappa shape index (κ1) is 12.5. The maximum absolute atomic E-state index is 11.7. The molecule has 0 aliphatic heterocycles. The second kappa shape index (κ2) is 6.13. The number of carbonyl (C=O) groups is 1. The molecule has 1 amide bonds. The summed E-state index contributed by atoms with van der Waals surface area (Å²) in [5, 5.41) is 6.79. The lowest BCUT2D eigenvalue weighted by Crippen LogP contribution is -2.28. The molecule has 0 radical (unpaired) electrons. The Morgan fingerprint density at radius 3 is 2.87 bits per heavy atom. The third-order valence-corrected chi connectivity index (χ3v) is 3.39. The number of rotatable bonds is 5. The van der Waals surface area contributed by atoms with Gasteiger partial charge in [-0.25, -0.2) is 0 Å². The van der Waals surface area contributed by atoms with Gasteiger partial charge in [0.2, 0.25) is 0 Å². The van der Waals surface area contributed by atoms with E-state index in [2.05, 4.69) is 12.2 Å². The summed E-state index contributed by atoms with van der Waals surface area (Å²) in [7, 11) is 0. The average molecular weight is 246 g/mol. The van der Waals surface area contributed by atoms with Crippen LogP contribution in [0.2, 0.25) is 0 Å². The summed E-state index contributed by atoms with van der Waals surface area (Å²) in [4.78, 5) is 11.7.